The number of ether oxygens (including phenoxy) is 6. The summed E-state index contributed by atoms with van der Waals surface area (Å²) >= 11 is 0. The first-order chi connectivity index (χ1) is 18.4. The molecule has 2 aliphatic rings. The van der Waals surface area contributed by atoms with Crippen LogP contribution in [0.3, 0.4) is 0 Å². The Morgan fingerprint density at radius 1 is 0.974 bits per heavy atom. The normalized spacial score (nSPS) is 16.7. The van der Waals surface area contributed by atoms with Crippen LogP contribution in [0.2, 0.25) is 0 Å². The summed E-state index contributed by atoms with van der Waals surface area (Å²) in [4.78, 5) is 37.6. The zero-order chi connectivity index (χ0) is 26.8. The lowest BCUT2D eigenvalue weighted by atomic mass is 9.84. The highest BCUT2D eigenvalue weighted by atomic mass is 16.6. The van der Waals surface area contributed by atoms with Gasteiger partial charge in [-0.2, -0.15) is 0 Å². The van der Waals surface area contributed by atoms with Gasteiger partial charge in [0.05, 0.1) is 33.3 Å². The van der Waals surface area contributed by atoms with E-state index in [-0.39, 0.29) is 24.6 Å². The highest BCUT2D eigenvalue weighted by Gasteiger charge is 2.39. The van der Waals surface area contributed by atoms with Gasteiger partial charge in [-0.3, -0.25) is 9.59 Å². The average molecular weight is 517 g/mol. The molecule has 0 unspecified atom stereocenters. The number of ketones is 1. The number of esters is 2. The predicted molar refractivity (Wildman–Crippen MR) is 135 cm³/mol. The quantitative estimate of drug-likeness (QED) is 0.258. The Labute approximate surface area is 218 Å². The van der Waals surface area contributed by atoms with Crippen LogP contribution in [0.1, 0.15) is 39.4 Å². The minimum Gasteiger partial charge on any atom is -0.497 e. The molecule has 3 aromatic rings. The number of Topliss-reactive ketones (excluding diaryl/α,β-unsaturated/α-hetero) is 1. The maximum absolute atomic E-state index is 13.4. The zero-order valence-electron chi connectivity index (χ0n) is 20.9. The van der Waals surface area contributed by atoms with Crippen molar-refractivity contribution in [1.29, 1.82) is 0 Å². The van der Waals surface area contributed by atoms with Gasteiger partial charge >= 0.3 is 11.9 Å². The lowest BCUT2D eigenvalue weighted by Gasteiger charge is -2.27. The van der Waals surface area contributed by atoms with E-state index in [1.807, 2.05) is 0 Å². The third-order valence-corrected chi connectivity index (χ3v) is 6.37. The van der Waals surface area contributed by atoms with Crippen LogP contribution in [-0.2, 0) is 14.3 Å². The fraction of sp³-hybridized carbons (Fsp3) is 0.207. The molecule has 0 fully saturated rings. The smallest absolute Gasteiger partial charge is 0.343 e. The van der Waals surface area contributed by atoms with Crippen LogP contribution < -0.4 is 23.7 Å². The van der Waals surface area contributed by atoms with Crippen LogP contribution in [0.25, 0.3) is 6.08 Å². The summed E-state index contributed by atoms with van der Waals surface area (Å²) in [5.41, 5.74) is 2.17. The van der Waals surface area contributed by atoms with Crippen molar-refractivity contribution in [1.82, 2.24) is 0 Å². The van der Waals surface area contributed by atoms with Crippen molar-refractivity contribution < 1.29 is 42.8 Å². The maximum Gasteiger partial charge on any atom is 0.343 e. The number of fused-ring (bicyclic) bond motifs is 3. The van der Waals surface area contributed by atoms with Crippen molar-refractivity contribution in [2.24, 2.45) is 0 Å². The van der Waals surface area contributed by atoms with Gasteiger partial charge in [0.2, 0.25) is 5.78 Å². The Hall–Kier alpha value is -4.79. The molecule has 2 heterocycles. The molecule has 0 bridgehead atoms. The SMILES string of the molecule is COC(=O)COc1ccccc1[C@@H]1CC(=O)Oc2ccc3c(c21)O/C(=C\c1ccc(OC)cc1OC)C3=O. The minimum absolute atomic E-state index is 0.00898. The number of carbonyl (C=O) groups is 3. The molecular weight excluding hydrogens is 492 g/mol. The zero-order valence-corrected chi connectivity index (χ0v) is 20.9. The van der Waals surface area contributed by atoms with Gasteiger partial charge < -0.3 is 28.4 Å². The van der Waals surface area contributed by atoms with Gasteiger partial charge in [0.25, 0.3) is 0 Å². The third kappa shape index (κ3) is 4.54. The lowest BCUT2D eigenvalue weighted by Crippen LogP contribution is -2.22. The van der Waals surface area contributed by atoms with E-state index in [2.05, 4.69) is 4.74 Å². The van der Waals surface area contributed by atoms with E-state index in [1.54, 1.807) is 67.8 Å². The van der Waals surface area contributed by atoms with Crippen molar-refractivity contribution in [3.05, 3.63) is 82.6 Å². The summed E-state index contributed by atoms with van der Waals surface area (Å²) in [6.07, 6.45) is 1.59. The number of carbonyl (C=O) groups excluding carboxylic acids is 3. The number of methoxy groups -OCH3 is 3. The standard InChI is InChI=1S/C29H24O9/c1-33-17-9-8-16(23(13-17)34-2)12-24-28(32)19-10-11-22-27(29(19)38-24)20(14-25(30)37-22)18-6-4-5-7-21(18)36-15-26(31)35-3/h4-13,20H,14-15H2,1-3H3/b24-12-/t20-/m0/s1. The molecule has 0 amide bonds. The molecule has 0 radical (unpaired) electrons. The molecule has 9 heteroatoms. The van der Waals surface area contributed by atoms with Crippen LogP contribution in [0, 0.1) is 0 Å². The molecule has 0 N–H and O–H groups in total. The van der Waals surface area contributed by atoms with E-state index in [0.29, 0.717) is 51.0 Å². The van der Waals surface area contributed by atoms with E-state index in [4.69, 9.17) is 23.7 Å². The highest BCUT2D eigenvalue weighted by molar-refractivity contribution is 6.15. The lowest BCUT2D eigenvalue weighted by molar-refractivity contribution is -0.143. The highest BCUT2D eigenvalue weighted by Crippen LogP contribution is 2.50. The van der Waals surface area contributed by atoms with Gasteiger partial charge in [-0.1, -0.05) is 18.2 Å². The minimum atomic E-state index is -0.544. The van der Waals surface area contributed by atoms with E-state index in [9.17, 15) is 14.4 Å². The van der Waals surface area contributed by atoms with Crippen LogP contribution in [0.5, 0.6) is 28.7 Å². The molecule has 1 atom stereocenters. The van der Waals surface area contributed by atoms with Crippen molar-refractivity contribution in [2.45, 2.75) is 12.3 Å². The summed E-state index contributed by atoms with van der Waals surface area (Å²) in [6, 6.07) is 15.5. The Kier molecular flexibility index (Phi) is 6.74. The van der Waals surface area contributed by atoms with E-state index in [0.717, 1.165) is 0 Å². The molecule has 0 saturated heterocycles. The summed E-state index contributed by atoms with van der Waals surface area (Å²) < 4.78 is 32.7. The molecule has 5 rings (SSSR count). The largest absolute Gasteiger partial charge is 0.497 e. The van der Waals surface area contributed by atoms with Gasteiger partial charge in [0, 0.05) is 28.7 Å². The summed E-state index contributed by atoms with van der Waals surface area (Å²) in [5.74, 6) is 0.397. The Balaban J connectivity index is 1.57. The molecule has 9 nitrogen and oxygen atoms in total. The topological polar surface area (TPSA) is 107 Å². The number of allylic oxidation sites excluding steroid dienone is 1. The van der Waals surface area contributed by atoms with Gasteiger partial charge in [0.1, 0.15) is 28.7 Å². The van der Waals surface area contributed by atoms with Gasteiger partial charge in [-0.05, 0) is 36.4 Å². The second-order valence-corrected chi connectivity index (χ2v) is 8.54. The maximum atomic E-state index is 13.4. The van der Waals surface area contributed by atoms with Crippen LogP contribution >= 0.6 is 0 Å². The molecular formula is C29H24O9. The first-order valence-corrected chi connectivity index (χ1v) is 11.8. The second-order valence-electron chi connectivity index (χ2n) is 8.54. The fourth-order valence-corrected chi connectivity index (χ4v) is 4.55. The average Bonchev–Trinajstić information content (AvgIpc) is 3.26. The summed E-state index contributed by atoms with van der Waals surface area (Å²) in [7, 11) is 4.35. The van der Waals surface area contributed by atoms with E-state index >= 15 is 0 Å². The molecule has 0 aromatic heterocycles. The first kappa shape index (κ1) is 24.9. The van der Waals surface area contributed by atoms with Crippen molar-refractivity contribution >= 4 is 23.8 Å². The third-order valence-electron chi connectivity index (χ3n) is 6.37. The summed E-state index contributed by atoms with van der Waals surface area (Å²) in [6.45, 7) is -0.296. The first-order valence-electron chi connectivity index (χ1n) is 11.8. The van der Waals surface area contributed by atoms with Crippen molar-refractivity contribution in [3.8, 4) is 28.7 Å². The molecule has 0 saturated carbocycles. The Morgan fingerprint density at radius 2 is 1.79 bits per heavy atom. The molecule has 2 aliphatic heterocycles. The van der Waals surface area contributed by atoms with Gasteiger partial charge in [0.15, 0.2) is 12.4 Å². The monoisotopic (exact) mass is 516 g/mol. The summed E-state index contributed by atoms with van der Waals surface area (Å²) in [5, 5.41) is 0. The number of benzene rings is 3. The van der Waals surface area contributed by atoms with Crippen molar-refractivity contribution in [2.75, 3.05) is 27.9 Å². The van der Waals surface area contributed by atoms with E-state index in [1.165, 1.54) is 14.2 Å². The van der Waals surface area contributed by atoms with Crippen molar-refractivity contribution in [3.63, 3.8) is 0 Å². The van der Waals surface area contributed by atoms with Gasteiger partial charge in [-0.25, -0.2) is 4.79 Å². The molecule has 3 aromatic carbocycles. The van der Waals surface area contributed by atoms with Gasteiger partial charge in [-0.15, -0.1) is 0 Å². The fourth-order valence-electron chi connectivity index (χ4n) is 4.55. The number of hydrogen-bond acceptors (Lipinski definition) is 9. The second kappa shape index (κ2) is 10.3. The molecule has 0 spiro atoms. The molecule has 194 valence electrons. The Bertz CT molecular complexity index is 1470. The van der Waals surface area contributed by atoms with Crippen LogP contribution in [-0.4, -0.2) is 45.7 Å². The number of hydrogen-bond donors (Lipinski definition) is 0. The molecule has 0 aliphatic carbocycles. The number of para-hydroxylation sites is 1. The Morgan fingerprint density at radius 3 is 2.55 bits per heavy atom. The van der Waals surface area contributed by atoms with Crippen LogP contribution in [0.4, 0.5) is 0 Å². The predicted octanol–water partition coefficient (Wildman–Crippen LogP) is 4.31. The molecule has 38 heavy (non-hydrogen) atoms. The number of rotatable bonds is 7. The van der Waals surface area contributed by atoms with E-state index < -0.39 is 17.9 Å². The van der Waals surface area contributed by atoms with Crippen LogP contribution in [0.15, 0.2) is 60.4 Å².